The van der Waals surface area contributed by atoms with E-state index in [1.54, 1.807) is 25.3 Å². The Morgan fingerprint density at radius 3 is 2.44 bits per heavy atom. The van der Waals surface area contributed by atoms with Crippen LogP contribution in [0, 0.1) is 0 Å². The Kier molecular flexibility index (Phi) is 7.00. The fraction of sp³-hybridized carbons (Fsp3) is 0.125. The molecule has 2 aromatic carbocycles. The number of ether oxygens (including phenoxy) is 1. The number of nitrogens with one attached hydrogen (secondary N) is 2. The van der Waals surface area contributed by atoms with Gasteiger partial charge >= 0.3 is 0 Å². The van der Waals surface area contributed by atoms with Gasteiger partial charge in [-0.05, 0) is 37.3 Å². The topological polar surface area (TPSA) is 132 Å². The maximum absolute atomic E-state index is 11.6. The molecule has 0 aliphatic carbocycles. The number of anilines is 3. The summed E-state index contributed by atoms with van der Waals surface area (Å²) < 4.78 is 31.6. The van der Waals surface area contributed by atoms with E-state index < -0.39 is 10.0 Å². The van der Waals surface area contributed by atoms with Crippen LogP contribution in [-0.4, -0.2) is 29.1 Å². The molecule has 34 heavy (non-hydrogen) atoms. The van der Waals surface area contributed by atoms with Gasteiger partial charge in [-0.15, -0.1) is 0 Å². The number of nitrogens with zero attached hydrogens (tertiary/aromatic N) is 3. The minimum absolute atomic E-state index is 0.0126. The van der Waals surface area contributed by atoms with Crippen LogP contribution in [0.25, 0.3) is 11.3 Å². The summed E-state index contributed by atoms with van der Waals surface area (Å²) in [7, 11) is -3.30. The van der Waals surface area contributed by atoms with Crippen LogP contribution in [0.2, 0.25) is 0 Å². The number of pyridine rings is 1. The Labute approximate surface area is 198 Å². The Bertz CT molecular complexity index is 1360. The van der Waals surface area contributed by atoms with Crippen LogP contribution in [0.15, 0.2) is 79.0 Å². The number of sulfonamides is 1. The number of hydrogen-bond donors (Lipinski definition) is 3. The van der Waals surface area contributed by atoms with Gasteiger partial charge in [0.1, 0.15) is 17.3 Å². The molecule has 0 aliphatic rings. The molecule has 4 N–H and O–H groups in total. The number of aromatic nitrogens is 3. The van der Waals surface area contributed by atoms with Crippen molar-refractivity contribution in [1.29, 1.82) is 0 Å². The first kappa shape index (κ1) is 23.1. The van der Waals surface area contributed by atoms with Crippen molar-refractivity contribution in [1.82, 2.24) is 19.7 Å². The smallest absolute Gasteiger partial charge is 0.222 e. The molecule has 2 heterocycles. The normalized spacial score (nSPS) is 11.2. The number of nitrogen functional groups attached to an aromatic ring is 1. The maximum atomic E-state index is 11.6. The molecule has 4 aromatic rings. The molecular weight excluding hydrogens is 452 g/mol. The van der Waals surface area contributed by atoms with Crippen LogP contribution in [0.1, 0.15) is 12.6 Å². The first-order valence-electron chi connectivity index (χ1n) is 10.6. The predicted molar refractivity (Wildman–Crippen MR) is 132 cm³/mol. The van der Waals surface area contributed by atoms with Crippen LogP contribution in [0.4, 0.5) is 17.5 Å². The minimum Gasteiger partial charge on any atom is -0.457 e. The maximum Gasteiger partial charge on any atom is 0.222 e. The summed E-state index contributed by atoms with van der Waals surface area (Å²) >= 11 is 0. The van der Waals surface area contributed by atoms with Gasteiger partial charge in [0, 0.05) is 29.6 Å². The molecule has 0 radical (unpaired) electrons. The quantitative estimate of drug-likeness (QED) is 0.329. The second-order valence-electron chi connectivity index (χ2n) is 7.32. The largest absolute Gasteiger partial charge is 0.457 e. The third-order valence-electron chi connectivity index (χ3n) is 4.82. The third kappa shape index (κ3) is 6.27. The Balaban J connectivity index is 1.42. The molecule has 0 aliphatic heterocycles. The molecule has 9 nitrogen and oxygen atoms in total. The summed E-state index contributed by atoms with van der Waals surface area (Å²) in [6.45, 7) is 1.68. The first-order valence-corrected chi connectivity index (χ1v) is 12.2. The van der Waals surface area contributed by atoms with Gasteiger partial charge < -0.3 is 15.8 Å². The zero-order chi connectivity index (χ0) is 24.0. The van der Waals surface area contributed by atoms with E-state index in [1.165, 1.54) is 0 Å². The van der Waals surface area contributed by atoms with Gasteiger partial charge in [0.05, 0.1) is 23.7 Å². The summed E-state index contributed by atoms with van der Waals surface area (Å²) in [4.78, 5) is 12.7. The fourth-order valence-electron chi connectivity index (χ4n) is 3.08. The molecule has 0 atom stereocenters. The lowest BCUT2D eigenvalue weighted by atomic mass is 10.1. The molecule has 10 heteroatoms. The predicted octanol–water partition coefficient (Wildman–Crippen LogP) is 4.10. The van der Waals surface area contributed by atoms with E-state index in [9.17, 15) is 8.42 Å². The van der Waals surface area contributed by atoms with Crippen LogP contribution in [0.5, 0.6) is 11.5 Å². The van der Waals surface area contributed by atoms with Crippen molar-refractivity contribution in [2.45, 2.75) is 13.5 Å². The van der Waals surface area contributed by atoms with Crippen molar-refractivity contribution in [3.8, 4) is 22.8 Å². The average Bonchev–Trinajstić information content (AvgIpc) is 2.85. The van der Waals surface area contributed by atoms with Gasteiger partial charge in [-0.2, -0.15) is 4.98 Å². The van der Waals surface area contributed by atoms with Crippen molar-refractivity contribution >= 4 is 27.5 Å². The lowest BCUT2D eigenvalue weighted by molar-refractivity contribution is 0.480. The fourth-order valence-corrected chi connectivity index (χ4v) is 3.65. The summed E-state index contributed by atoms with van der Waals surface area (Å²) in [6, 6.07) is 22.3. The van der Waals surface area contributed by atoms with Crippen molar-refractivity contribution in [2.75, 3.05) is 16.8 Å². The Morgan fingerprint density at radius 1 is 0.941 bits per heavy atom. The molecule has 0 unspecified atom stereocenters. The summed E-state index contributed by atoms with van der Waals surface area (Å²) in [6.07, 6.45) is 1.57. The van der Waals surface area contributed by atoms with Crippen molar-refractivity contribution in [3.63, 3.8) is 0 Å². The molecule has 0 fully saturated rings. The molecule has 0 saturated heterocycles. The zero-order valence-corrected chi connectivity index (χ0v) is 19.3. The lowest BCUT2D eigenvalue weighted by Gasteiger charge is -2.11. The molecule has 174 valence electrons. The highest BCUT2D eigenvalue weighted by Crippen LogP contribution is 2.26. The van der Waals surface area contributed by atoms with Crippen molar-refractivity contribution in [3.05, 3.63) is 84.7 Å². The Morgan fingerprint density at radius 2 is 1.71 bits per heavy atom. The summed E-state index contributed by atoms with van der Waals surface area (Å²) in [5.74, 6) is 1.94. The van der Waals surface area contributed by atoms with Gasteiger partial charge in [-0.1, -0.05) is 30.3 Å². The highest BCUT2D eigenvalue weighted by molar-refractivity contribution is 7.89. The second kappa shape index (κ2) is 10.3. The monoisotopic (exact) mass is 476 g/mol. The number of rotatable bonds is 9. The van der Waals surface area contributed by atoms with E-state index in [2.05, 4.69) is 25.0 Å². The summed E-state index contributed by atoms with van der Waals surface area (Å²) in [5.41, 5.74) is 8.93. The molecule has 0 saturated carbocycles. The SMILES string of the molecule is CCS(=O)(=O)NCc1cc(Oc2ccc(Nc3cc(-c4ccccc4)nc(N)n3)cc2)ccn1. The van der Waals surface area contributed by atoms with Gasteiger partial charge in [0.2, 0.25) is 16.0 Å². The lowest BCUT2D eigenvalue weighted by Crippen LogP contribution is -2.25. The van der Waals surface area contributed by atoms with Crippen LogP contribution >= 0.6 is 0 Å². The zero-order valence-electron chi connectivity index (χ0n) is 18.5. The highest BCUT2D eigenvalue weighted by atomic mass is 32.2. The number of nitrogens with two attached hydrogens (primary N) is 1. The highest BCUT2D eigenvalue weighted by Gasteiger charge is 2.08. The van der Waals surface area contributed by atoms with Crippen LogP contribution in [-0.2, 0) is 16.6 Å². The number of benzene rings is 2. The molecule has 4 rings (SSSR count). The minimum atomic E-state index is -3.30. The van der Waals surface area contributed by atoms with E-state index in [4.69, 9.17) is 10.5 Å². The molecule has 2 aromatic heterocycles. The van der Waals surface area contributed by atoms with Gasteiger partial charge in [0.25, 0.3) is 0 Å². The van der Waals surface area contributed by atoms with Gasteiger partial charge in [-0.3, -0.25) is 4.98 Å². The van der Waals surface area contributed by atoms with E-state index in [-0.39, 0.29) is 18.2 Å². The van der Waals surface area contributed by atoms with Crippen molar-refractivity contribution in [2.24, 2.45) is 0 Å². The molecule has 0 bridgehead atoms. The molecular formula is C24H24N6O3S. The molecule has 0 spiro atoms. The van der Waals surface area contributed by atoms with E-state index >= 15 is 0 Å². The number of hydrogen-bond acceptors (Lipinski definition) is 8. The van der Waals surface area contributed by atoms with Crippen LogP contribution < -0.4 is 20.5 Å². The van der Waals surface area contributed by atoms with Crippen LogP contribution in [0.3, 0.4) is 0 Å². The Hall–Kier alpha value is -4.02. The van der Waals surface area contributed by atoms with Crippen molar-refractivity contribution < 1.29 is 13.2 Å². The van der Waals surface area contributed by atoms with Gasteiger partial charge in [0.15, 0.2) is 0 Å². The van der Waals surface area contributed by atoms with E-state index in [0.29, 0.717) is 23.0 Å². The third-order valence-corrected chi connectivity index (χ3v) is 6.16. The van der Waals surface area contributed by atoms with Gasteiger partial charge in [-0.25, -0.2) is 18.1 Å². The molecule has 0 amide bonds. The average molecular weight is 477 g/mol. The second-order valence-corrected chi connectivity index (χ2v) is 9.42. The van der Waals surface area contributed by atoms with E-state index in [0.717, 1.165) is 16.9 Å². The standard InChI is InChI=1S/C24H24N6O3S/c1-2-34(31,32)27-16-19-14-21(12-13-26-19)33-20-10-8-18(9-11-20)28-23-15-22(29-24(25)30-23)17-6-4-3-5-7-17/h3-15,27H,2,16H2,1H3,(H3,25,28,29,30). The first-order chi connectivity index (χ1) is 16.4. The van der Waals surface area contributed by atoms with E-state index in [1.807, 2.05) is 60.7 Å². The summed E-state index contributed by atoms with van der Waals surface area (Å²) in [5, 5.41) is 3.23.